The van der Waals surface area contributed by atoms with Gasteiger partial charge in [0.25, 0.3) is 0 Å². The molecule has 0 atom stereocenters. The van der Waals surface area contributed by atoms with Crippen LogP contribution in [0.4, 0.5) is 14.5 Å². The summed E-state index contributed by atoms with van der Waals surface area (Å²) in [6.07, 6.45) is 0. The Morgan fingerprint density at radius 2 is 1.71 bits per heavy atom. The summed E-state index contributed by atoms with van der Waals surface area (Å²) in [7, 11) is 1.49. The summed E-state index contributed by atoms with van der Waals surface area (Å²) in [5, 5.41) is 0. The van der Waals surface area contributed by atoms with E-state index in [1.807, 2.05) is 0 Å². The molecule has 0 heterocycles. The number of anilines is 1. The van der Waals surface area contributed by atoms with Crippen molar-refractivity contribution < 1.29 is 13.5 Å². The average molecular weight is 235 g/mol. The van der Waals surface area contributed by atoms with Gasteiger partial charge in [-0.05, 0) is 29.8 Å². The van der Waals surface area contributed by atoms with E-state index in [1.165, 1.54) is 7.11 Å². The van der Waals surface area contributed by atoms with Gasteiger partial charge in [-0.3, -0.25) is 0 Å². The Kier molecular flexibility index (Phi) is 2.95. The minimum absolute atomic E-state index is 0.0617. The van der Waals surface area contributed by atoms with Crippen LogP contribution in [0.25, 0.3) is 11.1 Å². The van der Waals surface area contributed by atoms with Crippen LogP contribution in [0.5, 0.6) is 5.75 Å². The zero-order valence-electron chi connectivity index (χ0n) is 9.21. The Balaban J connectivity index is 2.60. The second kappa shape index (κ2) is 4.41. The van der Waals surface area contributed by atoms with Gasteiger partial charge in [0.2, 0.25) is 0 Å². The highest BCUT2D eigenvalue weighted by Gasteiger charge is 2.12. The van der Waals surface area contributed by atoms with Gasteiger partial charge in [0.15, 0.2) is 0 Å². The number of nitrogens with two attached hydrogens (primary N) is 1. The van der Waals surface area contributed by atoms with Gasteiger partial charge < -0.3 is 10.5 Å². The number of hydrogen-bond donors (Lipinski definition) is 1. The predicted octanol–water partition coefficient (Wildman–Crippen LogP) is 3.22. The average Bonchev–Trinajstić information content (AvgIpc) is 2.28. The largest absolute Gasteiger partial charge is 0.497 e. The number of methoxy groups -OCH3 is 1. The van der Waals surface area contributed by atoms with Crippen molar-refractivity contribution in [2.45, 2.75) is 0 Å². The molecule has 17 heavy (non-hydrogen) atoms. The molecule has 0 unspecified atom stereocenters. The molecule has 0 aliphatic carbocycles. The zero-order valence-corrected chi connectivity index (χ0v) is 9.21. The van der Waals surface area contributed by atoms with E-state index >= 15 is 0 Å². The van der Waals surface area contributed by atoms with E-state index in [0.29, 0.717) is 11.3 Å². The number of halogens is 2. The van der Waals surface area contributed by atoms with Crippen molar-refractivity contribution in [3.8, 4) is 16.9 Å². The van der Waals surface area contributed by atoms with Gasteiger partial charge in [-0.2, -0.15) is 0 Å². The first-order valence-corrected chi connectivity index (χ1v) is 5.01. The molecule has 0 bridgehead atoms. The second-order valence-corrected chi connectivity index (χ2v) is 3.59. The smallest absolute Gasteiger partial charge is 0.136 e. The summed E-state index contributed by atoms with van der Waals surface area (Å²) in [6, 6.07) is 8.74. The molecule has 0 aliphatic heterocycles. The molecule has 2 N–H and O–H groups in total. The van der Waals surface area contributed by atoms with E-state index in [2.05, 4.69) is 0 Å². The fraction of sp³-hybridized carbons (Fsp3) is 0.0769. The van der Waals surface area contributed by atoms with Crippen molar-refractivity contribution in [3.05, 3.63) is 48.0 Å². The van der Waals surface area contributed by atoms with E-state index in [9.17, 15) is 8.78 Å². The summed E-state index contributed by atoms with van der Waals surface area (Å²) >= 11 is 0. The summed E-state index contributed by atoms with van der Waals surface area (Å²) in [4.78, 5) is 0. The Labute approximate surface area is 97.6 Å². The van der Waals surface area contributed by atoms with Crippen LogP contribution in [0.2, 0.25) is 0 Å². The van der Waals surface area contributed by atoms with Gasteiger partial charge >= 0.3 is 0 Å². The monoisotopic (exact) mass is 235 g/mol. The third-order valence-electron chi connectivity index (χ3n) is 2.42. The summed E-state index contributed by atoms with van der Waals surface area (Å²) in [5.74, 6) is -0.829. The number of nitrogen functional groups attached to an aromatic ring is 1. The maximum absolute atomic E-state index is 13.7. The summed E-state index contributed by atoms with van der Waals surface area (Å²) in [6.45, 7) is 0. The van der Waals surface area contributed by atoms with Crippen LogP contribution in [-0.4, -0.2) is 7.11 Å². The van der Waals surface area contributed by atoms with Gasteiger partial charge in [0.1, 0.15) is 17.4 Å². The minimum atomic E-state index is -0.684. The lowest BCUT2D eigenvalue weighted by Gasteiger charge is -2.08. The minimum Gasteiger partial charge on any atom is -0.497 e. The van der Waals surface area contributed by atoms with Crippen molar-refractivity contribution in [1.29, 1.82) is 0 Å². The molecule has 2 aromatic carbocycles. The van der Waals surface area contributed by atoms with Gasteiger partial charge in [0.05, 0.1) is 12.7 Å². The first kappa shape index (κ1) is 11.4. The third kappa shape index (κ3) is 2.20. The zero-order chi connectivity index (χ0) is 12.4. The molecule has 0 fully saturated rings. The van der Waals surface area contributed by atoms with E-state index < -0.39 is 11.6 Å². The maximum Gasteiger partial charge on any atom is 0.136 e. The Morgan fingerprint density at radius 1 is 1.06 bits per heavy atom. The molecule has 0 aromatic heterocycles. The highest BCUT2D eigenvalue weighted by atomic mass is 19.1. The number of hydrogen-bond acceptors (Lipinski definition) is 2. The number of benzene rings is 2. The predicted molar refractivity (Wildman–Crippen MR) is 62.8 cm³/mol. The second-order valence-electron chi connectivity index (χ2n) is 3.59. The first-order valence-electron chi connectivity index (χ1n) is 5.01. The van der Waals surface area contributed by atoms with E-state index in [4.69, 9.17) is 10.5 Å². The molecule has 0 radical (unpaired) electrons. The lowest BCUT2D eigenvalue weighted by atomic mass is 10.0. The van der Waals surface area contributed by atoms with Crippen molar-refractivity contribution >= 4 is 5.69 Å². The molecular formula is C13H11F2NO. The van der Waals surface area contributed by atoms with Crippen LogP contribution in [0.15, 0.2) is 36.4 Å². The molecule has 0 spiro atoms. The van der Waals surface area contributed by atoms with Crippen LogP contribution >= 0.6 is 0 Å². The summed E-state index contributed by atoms with van der Waals surface area (Å²) in [5.41, 5.74) is 5.74. The van der Waals surface area contributed by atoms with Crippen molar-refractivity contribution in [2.24, 2.45) is 0 Å². The molecule has 4 heteroatoms. The topological polar surface area (TPSA) is 35.2 Å². The van der Waals surface area contributed by atoms with Crippen molar-refractivity contribution in [3.63, 3.8) is 0 Å². The molecule has 2 nitrogen and oxygen atoms in total. The Hall–Kier alpha value is -2.10. The number of rotatable bonds is 2. The Bertz CT molecular complexity index is 532. The van der Waals surface area contributed by atoms with Crippen LogP contribution in [-0.2, 0) is 0 Å². The normalized spacial score (nSPS) is 10.3. The SMILES string of the molecule is COc1cccc(-c2c(F)cc(N)cc2F)c1. The maximum atomic E-state index is 13.7. The van der Waals surface area contributed by atoms with Gasteiger partial charge in [-0.25, -0.2) is 8.78 Å². The quantitative estimate of drug-likeness (QED) is 0.811. The van der Waals surface area contributed by atoms with Crippen LogP contribution in [0.3, 0.4) is 0 Å². The third-order valence-corrected chi connectivity index (χ3v) is 2.42. The van der Waals surface area contributed by atoms with E-state index in [-0.39, 0.29) is 11.3 Å². The van der Waals surface area contributed by atoms with Crippen LogP contribution in [0, 0.1) is 11.6 Å². The highest BCUT2D eigenvalue weighted by molar-refractivity contribution is 5.68. The highest BCUT2D eigenvalue weighted by Crippen LogP contribution is 2.30. The summed E-state index contributed by atoms with van der Waals surface area (Å²) < 4.78 is 32.4. The van der Waals surface area contributed by atoms with Gasteiger partial charge in [0, 0.05) is 5.69 Å². The van der Waals surface area contributed by atoms with Gasteiger partial charge in [-0.1, -0.05) is 12.1 Å². The molecule has 0 saturated heterocycles. The van der Waals surface area contributed by atoms with Crippen molar-refractivity contribution in [2.75, 3.05) is 12.8 Å². The number of ether oxygens (including phenoxy) is 1. The van der Waals surface area contributed by atoms with Gasteiger partial charge in [-0.15, -0.1) is 0 Å². The van der Waals surface area contributed by atoms with E-state index in [0.717, 1.165) is 12.1 Å². The fourth-order valence-electron chi connectivity index (χ4n) is 1.65. The van der Waals surface area contributed by atoms with Crippen molar-refractivity contribution in [1.82, 2.24) is 0 Å². The molecular weight excluding hydrogens is 224 g/mol. The lowest BCUT2D eigenvalue weighted by Crippen LogP contribution is -1.94. The van der Waals surface area contributed by atoms with E-state index in [1.54, 1.807) is 24.3 Å². The standard InChI is InChI=1S/C13H11F2NO/c1-17-10-4-2-3-8(5-10)13-11(14)6-9(16)7-12(13)15/h2-7H,16H2,1H3. The lowest BCUT2D eigenvalue weighted by molar-refractivity contribution is 0.415. The molecule has 0 amide bonds. The molecule has 0 aliphatic rings. The molecule has 2 rings (SSSR count). The molecule has 88 valence electrons. The fourth-order valence-corrected chi connectivity index (χ4v) is 1.65. The molecule has 2 aromatic rings. The molecule has 0 saturated carbocycles. The Morgan fingerprint density at radius 3 is 2.29 bits per heavy atom. The van der Waals surface area contributed by atoms with Crippen LogP contribution < -0.4 is 10.5 Å². The van der Waals surface area contributed by atoms with Crippen LogP contribution in [0.1, 0.15) is 0 Å². The first-order chi connectivity index (χ1) is 8.11.